The van der Waals surface area contributed by atoms with E-state index in [1.54, 1.807) is 24.7 Å². The summed E-state index contributed by atoms with van der Waals surface area (Å²) in [5.74, 6) is 0.777. The Morgan fingerprint density at radius 1 is 1.43 bits per heavy atom. The molecule has 116 valence electrons. The number of rotatable bonds is 3. The van der Waals surface area contributed by atoms with Crippen molar-refractivity contribution in [3.05, 3.63) is 59.8 Å². The van der Waals surface area contributed by atoms with Crippen LogP contribution in [0.1, 0.15) is 28.5 Å². The fourth-order valence-electron chi connectivity index (χ4n) is 2.86. The SMILES string of the molecule is C[C@H]1Cc2cc(C(=O)NCc3cnc4cnccn34)ccc2O1. The van der Waals surface area contributed by atoms with Gasteiger partial charge in [-0.1, -0.05) is 0 Å². The van der Waals surface area contributed by atoms with Crippen molar-refractivity contribution in [2.24, 2.45) is 0 Å². The van der Waals surface area contributed by atoms with Gasteiger partial charge in [-0.05, 0) is 30.7 Å². The van der Waals surface area contributed by atoms with Crippen LogP contribution in [0.5, 0.6) is 5.75 Å². The van der Waals surface area contributed by atoms with E-state index in [0.717, 1.165) is 29.1 Å². The number of carbonyl (C=O) groups is 1. The van der Waals surface area contributed by atoms with Gasteiger partial charge in [0.2, 0.25) is 0 Å². The monoisotopic (exact) mass is 308 g/mol. The van der Waals surface area contributed by atoms with Crippen LogP contribution in [0.3, 0.4) is 0 Å². The van der Waals surface area contributed by atoms with Crippen LogP contribution < -0.4 is 10.1 Å². The molecule has 3 heterocycles. The third-order valence-electron chi connectivity index (χ3n) is 3.98. The Morgan fingerprint density at radius 3 is 3.26 bits per heavy atom. The highest BCUT2D eigenvalue weighted by atomic mass is 16.5. The zero-order valence-corrected chi connectivity index (χ0v) is 12.7. The van der Waals surface area contributed by atoms with E-state index in [9.17, 15) is 4.79 Å². The highest BCUT2D eigenvalue weighted by Gasteiger charge is 2.20. The average Bonchev–Trinajstić information content (AvgIpc) is 3.14. The van der Waals surface area contributed by atoms with Crippen LogP contribution in [0.4, 0.5) is 0 Å². The molecular weight excluding hydrogens is 292 g/mol. The van der Waals surface area contributed by atoms with Crippen LogP contribution in [-0.4, -0.2) is 26.4 Å². The first kappa shape index (κ1) is 13.8. The highest BCUT2D eigenvalue weighted by molar-refractivity contribution is 5.94. The smallest absolute Gasteiger partial charge is 0.251 e. The molecule has 0 bridgehead atoms. The van der Waals surface area contributed by atoms with Gasteiger partial charge in [0.05, 0.1) is 24.6 Å². The number of hydrogen-bond donors (Lipinski definition) is 1. The number of nitrogens with zero attached hydrogens (tertiary/aromatic N) is 3. The Kier molecular flexibility index (Phi) is 3.22. The first-order valence-corrected chi connectivity index (χ1v) is 7.54. The minimum atomic E-state index is -0.101. The topological polar surface area (TPSA) is 68.5 Å². The van der Waals surface area contributed by atoms with E-state index in [-0.39, 0.29) is 12.0 Å². The Hall–Kier alpha value is -2.89. The van der Waals surface area contributed by atoms with Gasteiger partial charge in [-0.15, -0.1) is 0 Å². The van der Waals surface area contributed by atoms with Gasteiger partial charge in [0.1, 0.15) is 11.9 Å². The van der Waals surface area contributed by atoms with E-state index in [1.165, 1.54) is 0 Å². The second kappa shape index (κ2) is 5.39. The maximum absolute atomic E-state index is 12.4. The molecule has 0 saturated carbocycles. The van der Waals surface area contributed by atoms with E-state index >= 15 is 0 Å². The van der Waals surface area contributed by atoms with Crippen molar-refractivity contribution in [2.75, 3.05) is 0 Å². The van der Waals surface area contributed by atoms with Gasteiger partial charge in [-0.3, -0.25) is 14.2 Å². The van der Waals surface area contributed by atoms with Gasteiger partial charge in [0.25, 0.3) is 5.91 Å². The molecule has 2 aromatic heterocycles. The molecule has 6 heteroatoms. The standard InChI is InChI=1S/C17H16N4O2/c1-11-6-13-7-12(2-3-15(13)23-11)17(22)20-9-14-8-19-16-10-18-4-5-21(14)16/h2-5,7-8,10-11H,6,9H2,1H3,(H,20,22)/t11-/m0/s1. The molecule has 0 unspecified atom stereocenters. The molecule has 0 aliphatic carbocycles. The summed E-state index contributed by atoms with van der Waals surface area (Å²) in [6.07, 6.45) is 7.98. The number of aromatic nitrogens is 3. The van der Waals surface area contributed by atoms with Gasteiger partial charge in [-0.25, -0.2) is 4.98 Å². The van der Waals surface area contributed by atoms with Crippen molar-refractivity contribution >= 4 is 11.6 Å². The number of carbonyl (C=O) groups excluding carboxylic acids is 1. The number of hydrogen-bond acceptors (Lipinski definition) is 4. The van der Waals surface area contributed by atoms with Gasteiger partial charge < -0.3 is 10.1 Å². The molecule has 3 aromatic rings. The molecule has 0 saturated heterocycles. The van der Waals surface area contributed by atoms with Crippen molar-refractivity contribution in [1.29, 1.82) is 0 Å². The van der Waals surface area contributed by atoms with Gasteiger partial charge in [-0.2, -0.15) is 0 Å². The lowest BCUT2D eigenvalue weighted by atomic mass is 10.1. The molecule has 1 aromatic carbocycles. The lowest BCUT2D eigenvalue weighted by molar-refractivity contribution is 0.0950. The maximum atomic E-state index is 12.4. The minimum absolute atomic E-state index is 0.101. The molecule has 1 aliphatic rings. The minimum Gasteiger partial charge on any atom is -0.490 e. The molecule has 0 spiro atoms. The lowest BCUT2D eigenvalue weighted by Gasteiger charge is -2.06. The van der Waals surface area contributed by atoms with Crippen molar-refractivity contribution in [3.63, 3.8) is 0 Å². The van der Waals surface area contributed by atoms with Crippen LogP contribution in [0, 0.1) is 0 Å². The van der Waals surface area contributed by atoms with Crippen LogP contribution in [0.15, 0.2) is 43.0 Å². The number of nitrogens with one attached hydrogen (secondary N) is 1. The van der Waals surface area contributed by atoms with Crippen molar-refractivity contribution in [1.82, 2.24) is 19.7 Å². The van der Waals surface area contributed by atoms with Crippen molar-refractivity contribution in [2.45, 2.75) is 26.0 Å². The fraction of sp³-hybridized carbons (Fsp3) is 0.235. The summed E-state index contributed by atoms with van der Waals surface area (Å²) in [4.78, 5) is 20.6. The van der Waals surface area contributed by atoms with Crippen molar-refractivity contribution < 1.29 is 9.53 Å². The summed E-state index contributed by atoms with van der Waals surface area (Å²) in [5, 5.41) is 2.93. The number of imidazole rings is 1. The summed E-state index contributed by atoms with van der Waals surface area (Å²) in [6.45, 7) is 2.44. The van der Waals surface area contributed by atoms with Gasteiger partial charge in [0, 0.05) is 24.4 Å². The van der Waals surface area contributed by atoms with E-state index in [1.807, 2.05) is 29.7 Å². The summed E-state index contributed by atoms with van der Waals surface area (Å²) in [6, 6.07) is 5.57. The second-order valence-corrected chi connectivity index (χ2v) is 5.69. The van der Waals surface area contributed by atoms with Gasteiger partial charge >= 0.3 is 0 Å². The Labute approximate surface area is 133 Å². The first-order chi connectivity index (χ1) is 11.2. The molecule has 23 heavy (non-hydrogen) atoms. The number of fused-ring (bicyclic) bond motifs is 2. The zero-order chi connectivity index (χ0) is 15.8. The molecule has 6 nitrogen and oxygen atoms in total. The summed E-state index contributed by atoms with van der Waals surface area (Å²) in [5.41, 5.74) is 3.41. The van der Waals surface area contributed by atoms with E-state index in [0.29, 0.717) is 12.1 Å². The average molecular weight is 308 g/mol. The van der Waals surface area contributed by atoms with Crippen LogP contribution >= 0.6 is 0 Å². The van der Waals surface area contributed by atoms with E-state index in [2.05, 4.69) is 15.3 Å². The quantitative estimate of drug-likeness (QED) is 0.803. The van der Waals surface area contributed by atoms with Gasteiger partial charge in [0.15, 0.2) is 5.65 Å². The molecule has 0 fully saturated rings. The molecule has 1 amide bonds. The summed E-state index contributed by atoms with van der Waals surface area (Å²) >= 11 is 0. The Balaban J connectivity index is 1.49. The predicted molar refractivity (Wildman–Crippen MR) is 84.4 cm³/mol. The lowest BCUT2D eigenvalue weighted by Crippen LogP contribution is -2.23. The highest BCUT2D eigenvalue weighted by Crippen LogP contribution is 2.29. The van der Waals surface area contributed by atoms with E-state index in [4.69, 9.17) is 4.74 Å². The predicted octanol–water partition coefficient (Wildman–Crippen LogP) is 1.98. The summed E-state index contributed by atoms with van der Waals surface area (Å²) < 4.78 is 7.57. The van der Waals surface area contributed by atoms with E-state index < -0.39 is 0 Å². The molecule has 4 rings (SSSR count). The Morgan fingerprint density at radius 2 is 2.35 bits per heavy atom. The van der Waals surface area contributed by atoms with Crippen LogP contribution in [0.25, 0.3) is 5.65 Å². The molecule has 0 radical (unpaired) electrons. The maximum Gasteiger partial charge on any atom is 0.251 e. The molecule has 1 aliphatic heterocycles. The normalized spacial score (nSPS) is 16.1. The van der Waals surface area contributed by atoms with Crippen molar-refractivity contribution in [3.8, 4) is 5.75 Å². The molecular formula is C17H16N4O2. The fourth-order valence-corrected chi connectivity index (χ4v) is 2.86. The number of benzene rings is 1. The molecule has 1 N–H and O–H groups in total. The first-order valence-electron chi connectivity index (χ1n) is 7.54. The third kappa shape index (κ3) is 2.52. The third-order valence-corrected chi connectivity index (χ3v) is 3.98. The molecule has 1 atom stereocenters. The number of ether oxygens (including phenoxy) is 1. The summed E-state index contributed by atoms with van der Waals surface area (Å²) in [7, 11) is 0. The zero-order valence-electron chi connectivity index (χ0n) is 12.7. The van der Waals surface area contributed by atoms with Crippen LogP contribution in [0.2, 0.25) is 0 Å². The largest absolute Gasteiger partial charge is 0.490 e. The van der Waals surface area contributed by atoms with Crippen LogP contribution in [-0.2, 0) is 13.0 Å². The number of amides is 1. The second-order valence-electron chi connectivity index (χ2n) is 5.69. The Bertz CT molecular complexity index is 887.